The Bertz CT molecular complexity index is 1290. The summed E-state index contributed by atoms with van der Waals surface area (Å²) in [4.78, 5) is 35.7. The number of aliphatic hydroxyl groups excluding tert-OH is 1. The zero-order valence-electron chi connectivity index (χ0n) is 20.2. The third-order valence-electron chi connectivity index (χ3n) is 5.25. The zero-order valence-corrected chi connectivity index (χ0v) is 21.0. The Labute approximate surface area is 216 Å². The lowest BCUT2D eigenvalue weighted by Crippen LogP contribution is -2.33. The number of benzene rings is 2. The normalized spacial score (nSPS) is 11.4. The molecule has 194 valence electrons. The number of allylic oxidation sites excluding steroid dienone is 1. The first kappa shape index (κ1) is 27.4. The number of non-ortho nitro benzene ring substituents is 1. The third-order valence-corrected chi connectivity index (χ3v) is 6.21. The van der Waals surface area contributed by atoms with Gasteiger partial charge >= 0.3 is 0 Å². The number of nitro benzene ring substituents is 1. The number of aryl methyl sites for hydroxylation is 1. The van der Waals surface area contributed by atoms with Crippen LogP contribution in [0.2, 0.25) is 0 Å². The number of amides is 2. The van der Waals surface area contributed by atoms with E-state index in [1.165, 1.54) is 19.2 Å². The first-order valence-electron chi connectivity index (χ1n) is 11.0. The Morgan fingerprint density at radius 2 is 2.00 bits per heavy atom. The molecule has 2 aromatic carbocycles. The number of nitrogens with zero attached hydrogens (tertiary/aromatic N) is 4. The van der Waals surface area contributed by atoms with E-state index >= 15 is 0 Å². The van der Waals surface area contributed by atoms with E-state index in [1.807, 2.05) is 0 Å². The van der Waals surface area contributed by atoms with E-state index < -0.39 is 29.4 Å². The van der Waals surface area contributed by atoms with Crippen molar-refractivity contribution in [3.8, 4) is 5.75 Å². The lowest BCUT2D eigenvalue weighted by atomic mass is 10.2. The summed E-state index contributed by atoms with van der Waals surface area (Å²) in [6.07, 6.45) is 1.60. The van der Waals surface area contributed by atoms with Gasteiger partial charge in [-0.05, 0) is 36.8 Å². The van der Waals surface area contributed by atoms with Crippen molar-refractivity contribution in [2.75, 3.05) is 24.8 Å². The van der Waals surface area contributed by atoms with Crippen molar-refractivity contribution >= 4 is 35.0 Å². The van der Waals surface area contributed by atoms with Gasteiger partial charge < -0.3 is 25.0 Å². The molecule has 1 atom stereocenters. The molecule has 13 heteroatoms. The number of nitro groups is 1. The number of aromatic nitrogens is 3. The van der Waals surface area contributed by atoms with E-state index in [4.69, 9.17) is 4.74 Å². The molecule has 3 rings (SSSR count). The van der Waals surface area contributed by atoms with Gasteiger partial charge in [0.1, 0.15) is 11.8 Å². The number of hydrogen-bond donors (Lipinski definition) is 3. The van der Waals surface area contributed by atoms with Gasteiger partial charge in [0.05, 0.1) is 30.1 Å². The van der Waals surface area contributed by atoms with Crippen molar-refractivity contribution < 1.29 is 24.4 Å². The number of rotatable bonds is 12. The van der Waals surface area contributed by atoms with Gasteiger partial charge in [-0.15, -0.1) is 16.8 Å². The number of anilines is 1. The van der Waals surface area contributed by atoms with Crippen LogP contribution in [-0.4, -0.2) is 56.1 Å². The third kappa shape index (κ3) is 6.92. The van der Waals surface area contributed by atoms with Crippen molar-refractivity contribution in [1.29, 1.82) is 0 Å². The smallest absolute Gasteiger partial charge is 0.271 e. The fourth-order valence-corrected chi connectivity index (χ4v) is 4.07. The fraction of sp³-hybridized carbons (Fsp3) is 0.250. The number of methoxy groups -OCH3 is 1. The minimum absolute atomic E-state index is 0.0561. The van der Waals surface area contributed by atoms with E-state index in [1.54, 1.807) is 47.9 Å². The Hall–Kier alpha value is -4.23. The molecule has 3 N–H and O–H groups in total. The van der Waals surface area contributed by atoms with Crippen molar-refractivity contribution in [3.63, 3.8) is 0 Å². The predicted molar refractivity (Wildman–Crippen MR) is 138 cm³/mol. The van der Waals surface area contributed by atoms with Crippen molar-refractivity contribution in [2.45, 2.75) is 24.7 Å². The van der Waals surface area contributed by atoms with Crippen molar-refractivity contribution in [3.05, 3.63) is 82.2 Å². The van der Waals surface area contributed by atoms with Crippen molar-refractivity contribution in [1.82, 2.24) is 20.1 Å². The highest BCUT2D eigenvalue weighted by Gasteiger charge is 2.23. The number of hydrogen-bond acceptors (Lipinski definition) is 9. The molecule has 3 aromatic rings. The predicted octanol–water partition coefficient (Wildman–Crippen LogP) is 2.88. The van der Waals surface area contributed by atoms with Gasteiger partial charge in [-0.1, -0.05) is 23.9 Å². The number of aliphatic hydroxyl groups is 1. The Balaban J connectivity index is 1.71. The minimum atomic E-state index is -0.863. The first-order chi connectivity index (χ1) is 17.8. The van der Waals surface area contributed by atoms with Gasteiger partial charge in [-0.25, -0.2) is 0 Å². The van der Waals surface area contributed by atoms with Crippen LogP contribution in [0.15, 0.2) is 60.3 Å². The van der Waals surface area contributed by atoms with Gasteiger partial charge in [0.25, 0.3) is 11.6 Å². The SMILES string of the molecule is C=CCn1c(SCC(=O)Nc2cc([N+](=O)[O-])ccc2C)nnc1C(CO)NC(=O)c1ccc(OC)cc1. The molecule has 0 aliphatic rings. The lowest BCUT2D eigenvalue weighted by Gasteiger charge is -2.17. The van der Waals surface area contributed by atoms with Crippen LogP contribution in [0.1, 0.15) is 27.8 Å². The summed E-state index contributed by atoms with van der Waals surface area (Å²) in [5, 5.41) is 35.0. The summed E-state index contributed by atoms with van der Waals surface area (Å²) in [6.45, 7) is 5.29. The molecule has 0 saturated carbocycles. The maximum Gasteiger partial charge on any atom is 0.271 e. The summed E-state index contributed by atoms with van der Waals surface area (Å²) < 4.78 is 6.74. The van der Waals surface area contributed by atoms with Crippen LogP contribution in [0.25, 0.3) is 0 Å². The number of thioether (sulfide) groups is 1. The second kappa shape index (κ2) is 12.6. The van der Waals surface area contributed by atoms with Crippen LogP contribution in [0.3, 0.4) is 0 Å². The molecule has 1 aromatic heterocycles. The van der Waals surface area contributed by atoms with E-state index in [9.17, 15) is 24.8 Å². The van der Waals surface area contributed by atoms with Gasteiger partial charge in [-0.3, -0.25) is 19.7 Å². The molecule has 1 heterocycles. The monoisotopic (exact) mass is 526 g/mol. The molecule has 37 heavy (non-hydrogen) atoms. The second-order valence-corrected chi connectivity index (χ2v) is 8.71. The number of carbonyl (C=O) groups excluding carboxylic acids is 2. The molecule has 0 spiro atoms. The van der Waals surface area contributed by atoms with E-state index in [0.717, 1.165) is 11.8 Å². The van der Waals surface area contributed by atoms with Gasteiger partial charge in [-0.2, -0.15) is 0 Å². The molecule has 0 aliphatic carbocycles. The maximum atomic E-state index is 12.7. The summed E-state index contributed by atoms with van der Waals surface area (Å²) in [5.74, 6) is 0.0268. The largest absolute Gasteiger partial charge is 0.497 e. The van der Waals surface area contributed by atoms with Crippen LogP contribution < -0.4 is 15.4 Å². The van der Waals surface area contributed by atoms with Crippen LogP contribution in [0.5, 0.6) is 5.75 Å². The highest BCUT2D eigenvalue weighted by molar-refractivity contribution is 7.99. The average Bonchev–Trinajstić information content (AvgIpc) is 3.29. The first-order valence-corrected chi connectivity index (χ1v) is 12.0. The minimum Gasteiger partial charge on any atom is -0.497 e. The van der Waals surface area contributed by atoms with Crippen LogP contribution in [0.4, 0.5) is 11.4 Å². The molecular weight excluding hydrogens is 500 g/mol. The molecule has 2 amide bonds. The van der Waals surface area contributed by atoms with Crippen molar-refractivity contribution in [2.24, 2.45) is 0 Å². The molecule has 0 radical (unpaired) electrons. The summed E-state index contributed by atoms with van der Waals surface area (Å²) >= 11 is 1.09. The highest BCUT2D eigenvalue weighted by Crippen LogP contribution is 2.24. The van der Waals surface area contributed by atoms with E-state index in [0.29, 0.717) is 33.5 Å². The molecule has 0 saturated heterocycles. The summed E-state index contributed by atoms with van der Waals surface area (Å²) in [6, 6.07) is 9.86. The van der Waals surface area contributed by atoms with Crippen LogP contribution >= 0.6 is 11.8 Å². The second-order valence-electron chi connectivity index (χ2n) is 7.77. The van der Waals surface area contributed by atoms with Gasteiger partial charge in [0.15, 0.2) is 11.0 Å². The van der Waals surface area contributed by atoms with E-state index in [-0.39, 0.29) is 18.0 Å². The summed E-state index contributed by atoms with van der Waals surface area (Å²) in [5.41, 5.74) is 1.27. The lowest BCUT2D eigenvalue weighted by molar-refractivity contribution is -0.384. The molecule has 0 bridgehead atoms. The molecule has 0 fully saturated rings. The Morgan fingerprint density at radius 3 is 2.62 bits per heavy atom. The topological polar surface area (TPSA) is 162 Å². The number of nitrogens with one attached hydrogen (secondary N) is 2. The average molecular weight is 527 g/mol. The Kier molecular flexibility index (Phi) is 9.35. The quantitative estimate of drug-likeness (QED) is 0.139. The standard InChI is InChI=1S/C24H26N6O6S/c1-4-11-29-22(20(13-31)26-23(33)16-6-9-18(36-3)10-7-16)27-28-24(29)37-14-21(32)25-19-12-17(30(34)35)8-5-15(19)2/h4-10,12,20,31H,1,11,13-14H2,2-3H3,(H,25,32)(H,26,33). The van der Waals surface area contributed by atoms with Crippen LogP contribution in [0, 0.1) is 17.0 Å². The molecule has 0 aliphatic heterocycles. The highest BCUT2D eigenvalue weighted by atomic mass is 32.2. The zero-order chi connectivity index (χ0) is 26.9. The molecule has 12 nitrogen and oxygen atoms in total. The fourth-order valence-electron chi connectivity index (χ4n) is 3.32. The van der Waals surface area contributed by atoms with Gasteiger partial charge in [0.2, 0.25) is 5.91 Å². The van der Waals surface area contributed by atoms with Crippen LogP contribution in [-0.2, 0) is 11.3 Å². The van der Waals surface area contributed by atoms with Gasteiger partial charge in [0, 0.05) is 24.2 Å². The maximum absolute atomic E-state index is 12.7. The summed E-state index contributed by atoms with van der Waals surface area (Å²) in [7, 11) is 1.53. The number of carbonyl (C=O) groups is 2. The molecular formula is C24H26N6O6S. The number of ether oxygens (including phenoxy) is 1. The molecule has 1 unspecified atom stereocenters. The van der Waals surface area contributed by atoms with E-state index in [2.05, 4.69) is 27.4 Å². The Morgan fingerprint density at radius 1 is 1.27 bits per heavy atom.